The first-order valence-electron chi connectivity index (χ1n) is 5.06. The average molecular weight is 305 g/mol. The van der Waals surface area contributed by atoms with Crippen LogP contribution in [0.3, 0.4) is 0 Å². The van der Waals surface area contributed by atoms with Crippen molar-refractivity contribution in [2.24, 2.45) is 0 Å². The van der Waals surface area contributed by atoms with Gasteiger partial charge in [0.15, 0.2) is 0 Å². The van der Waals surface area contributed by atoms with E-state index in [9.17, 15) is 9.59 Å². The highest BCUT2D eigenvalue weighted by Gasteiger charge is 2.34. The van der Waals surface area contributed by atoms with Crippen molar-refractivity contribution in [3.8, 4) is 0 Å². The van der Waals surface area contributed by atoms with Gasteiger partial charge in [0.1, 0.15) is 20.8 Å². The molecule has 2 rings (SSSR count). The van der Waals surface area contributed by atoms with Gasteiger partial charge < -0.3 is 4.57 Å². The third-order valence-electron chi connectivity index (χ3n) is 2.71. The van der Waals surface area contributed by atoms with E-state index >= 15 is 0 Å². The minimum atomic E-state index is -0.634. The van der Waals surface area contributed by atoms with Gasteiger partial charge in [-0.05, 0) is 26.0 Å². The summed E-state index contributed by atoms with van der Waals surface area (Å²) in [6, 6.07) is 3.64. The quantitative estimate of drug-likeness (QED) is 0.746. The molecular weight excluding hydrogens is 296 g/mol. The molecule has 1 aliphatic carbocycles. The predicted octanol–water partition coefficient (Wildman–Crippen LogP) is 3.35. The van der Waals surface area contributed by atoms with Gasteiger partial charge in [0.25, 0.3) is 0 Å². The molecule has 18 heavy (non-hydrogen) atoms. The topological polar surface area (TPSA) is 39.1 Å². The van der Waals surface area contributed by atoms with Crippen LogP contribution in [-0.2, 0) is 9.59 Å². The number of halogens is 3. The lowest BCUT2D eigenvalue weighted by atomic mass is 10.1. The van der Waals surface area contributed by atoms with E-state index in [1.807, 2.05) is 12.1 Å². The summed E-state index contributed by atoms with van der Waals surface area (Å²) in [6.45, 7) is 3.60. The zero-order valence-electron chi connectivity index (χ0n) is 9.55. The molecule has 1 heterocycles. The maximum absolute atomic E-state index is 12.1. The molecule has 1 aromatic heterocycles. The molecule has 94 valence electrons. The van der Waals surface area contributed by atoms with E-state index in [2.05, 4.69) is 0 Å². The Kier molecular flexibility index (Phi) is 3.41. The summed E-state index contributed by atoms with van der Waals surface area (Å²) < 4.78 is 1.59. The molecule has 0 spiro atoms. The number of hydrogen-bond acceptors (Lipinski definition) is 2. The highest BCUT2D eigenvalue weighted by Crippen LogP contribution is 2.34. The number of hydrogen-bond donors (Lipinski definition) is 0. The number of allylic oxidation sites excluding steroid dienone is 4. The Balaban J connectivity index is 2.72. The molecule has 3 nitrogen and oxygen atoms in total. The molecule has 0 saturated carbocycles. The fourth-order valence-corrected chi connectivity index (χ4v) is 2.50. The van der Waals surface area contributed by atoms with Crippen LogP contribution in [0, 0.1) is 13.8 Å². The standard InChI is InChI=1S/C12H8Cl3NO2/c1-5-3-4-6(2)16(5)10-9(15)11(17)7(13)8(14)12(10)18/h3-4H,1-2H3. The van der Waals surface area contributed by atoms with Gasteiger partial charge in [-0.2, -0.15) is 0 Å². The van der Waals surface area contributed by atoms with Crippen LogP contribution < -0.4 is 0 Å². The zero-order chi connectivity index (χ0) is 13.6. The van der Waals surface area contributed by atoms with Gasteiger partial charge in [0.05, 0.1) is 0 Å². The molecule has 0 N–H and O–H groups in total. The Hall–Kier alpha value is -1.03. The first kappa shape index (κ1) is 13.4. The monoisotopic (exact) mass is 303 g/mol. The van der Waals surface area contributed by atoms with Crippen LogP contribution in [0.2, 0.25) is 0 Å². The molecule has 0 aliphatic heterocycles. The van der Waals surface area contributed by atoms with Crippen LogP contribution in [0.5, 0.6) is 0 Å². The molecular formula is C12H8Cl3NO2. The molecule has 0 fully saturated rings. The molecule has 1 aromatic rings. The summed E-state index contributed by atoms with van der Waals surface area (Å²) in [4.78, 5) is 23.9. The molecule has 1 aliphatic rings. The van der Waals surface area contributed by atoms with E-state index < -0.39 is 11.6 Å². The molecule has 0 radical (unpaired) electrons. The second kappa shape index (κ2) is 4.57. The van der Waals surface area contributed by atoms with Gasteiger partial charge in [-0.15, -0.1) is 0 Å². The minimum Gasteiger partial charge on any atom is -0.314 e. The number of Topliss-reactive ketones (excluding diaryl/α,β-unsaturated/α-hetero) is 2. The van der Waals surface area contributed by atoms with Gasteiger partial charge in [-0.1, -0.05) is 34.8 Å². The van der Waals surface area contributed by atoms with Gasteiger partial charge in [0, 0.05) is 11.4 Å². The lowest BCUT2D eigenvalue weighted by molar-refractivity contribution is -0.114. The van der Waals surface area contributed by atoms with E-state index in [-0.39, 0.29) is 20.8 Å². The average Bonchev–Trinajstić information content (AvgIpc) is 2.66. The Morgan fingerprint density at radius 1 is 0.833 bits per heavy atom. The van der Waals surface area contributed by atoms with Gasteiger partial charge in [0.2, 0.25) is 11.6 Å². The van der Waals surface area contributed by atoms with E-state index in [1.165, 1.54) is 0 Å². The SMILES string of the molecule is Cc1ccc(C)n1C1=C(Cl)C(=O)C(Cl)=C(Cl)C1=O. The number of carbonyl (C=O) groups excluding carboxylic acids is 2. The zero-order valence-corrected chi connectivity index (χ0v) is 11.8. The van der Waals surface area contributed by atoms with E-state index in [0.717, 1.165) is 11.4 Å². The van der Waals surface area contributed by atoms with Gasteiger partial charge in [-0.25, -0.2) is 0 Å². The normalized spacial score (nSPS) is 16.9. The van der Waals surface area contributed by atoms with E-state index in [4.69, 9.17) is 34.8 Å². The number of rotatable bonds is 1. The van der Waals surface area contributed by atoms with E-state index in [0.29, 0.717) is 0 Å². The predicted molar refractivity (Wildman–Crippen MR) is 71.7 cm³/mol. The first-order valence-corrected chi connectivity index (χ1v) is 6.19. The van der Waals surface area contributed by atoms with Gasteiger partial charge >= 0.3 is 0 Å². The van der Waals surface area contributed by atoms with Crippen molar-refractivity contribution in [1.82, 2.24) is 4.57 Å². The fraction of sp³-hybridized carbons (Fsp3) is 0.167. The third kappa shape index (κ3) is 1.83. The van der Waals surface area contributed by atoms with Crippen molar-refractivity contribution in [3.63, 3.8) is 0 Å². The van der Waals surface area contributed by atoms with E-state index in [1.54, 1.807) is 18.4 Å². The van der Waals surface area contributed by atoms with Crippen LogP contribution in [0.15, 0.2) is 27.2 Å². The highest BCUT2D eigenvalue weighted by molar-refractivity contribution is 6.67. The number of ketones is 2. The largest absolute Gasteiger partial charge is 0.314 e. The molecule has 0 bridgehead atoms. The fourth-order valence-electron chi connectivity index (χ4n) is 1.83. The maximum atomic E-state index is 12.1. The Morgan fingerprint density at radius 3 is 1.78 bits per heavy atom. The summed E-state index contributed by atoms with van der Waals surface area (Å²) in [6.07, 6.45) is 0. The third-order valence-corrected chi connectivity index (χ3v) is 3.88. The molecule has 0 saturated heterocycles. The van der Waals surface area contributed by atoms with Crippen molar-refractivity contribution < 1.29 is 9.59 Å². The van der Waals surface area contributed by atoms with Crippen molar-refractivity contribution in [1.29, 1.82) is 0 Å². The summed E-state index contributed by atoms with van der Waals surface area (Å²) in [5, 5.41) is -0.844. The van der Waals surface area contributed by atoms with Crippen LogP contribution in [0.1, 0.15) is 11.4 Å². The van der Waals surface area contributed by atoms with Crippen LogP contribution in [-0.4, -0.2) is 16.1 Å². The summed E-state index contributed by atoms with van der Waals surface area (Å²) in [5.74, 6) is -1.18. The van der Waals surface area contributed by atoms with Gasteiger partial charge in [-0.3, -0.25) is 9.59 Å². The van der Waals surface area contributed by atoms with Crippen LogP contribution >= 0.6 is 34.8 Å². The van der Waals surface area contributed by atoms with Crippen LogP contribution in [0.4, 0.5) is 0 Å². The second-order valence-corrected chi connectivity index (χ2v) is 5.03. The number of carbonyl (C=O) groups is 2. The maximum Gasteiger partial charge on any atom is 0.224 e. The molecule has 0 unspecified atom stereocenters. The minimum absolute atomic E-state index is 0.0519. The summed E-state index contributed by atoms with van der Waals surface area (Å²) in [7, 11) is 0. The van der Waals surface area contributed by atoms with Crippen LogP contribution in [0.25, 0.3) is 5.70 Å². The smallest absolute Gasteiger partial charge is 0.224 e. The number of nitrogens with zero attached hydrogens (tertiary/aromatic N) is 1. The summed E-state index contributed by atoms with van der Waals surface area (Å²) in [5.41, 5.74) is 1.62. The lowest BCUT2D eigenvalue weighted by Crippen LogP contribution is -2.21. The Bertz CT molecular complexity index is 618. The molecule has 6 heteroatoms. The van der Waals surface area contributed by atoms with Crippen molar-refractivity contribution in [2.45, 2.75) is 13.8 Å². The Labute approximate surface area is 119 Å². The Morgan fingerprint density at radius 2 is 1.28 bits per heavy atom. The molecule has 0 amide bonds. The molecule has 0 aromatic carbocycles. The first-order chi connectivity index (χ1) is 8.36. The highest BCUT2D eigenvalue weighted by atomic mass is 35.5. The molecule has 0 atom stereocenters. The van der Waals surface area contributed by atoms with Crippen molar-refractivity contribution in [2.75, 3.05) is 0 Å². The number of aryl methyl sites for hydroxylation is 2. The second-order valence-electron chi connectivity index (χ2n) is 3.90. The van der Waals surface area contributed by atoms with Crippen molar-refractivity contribution >= 4 is 52.1 Å². The lowest BCUT2D eigenvalue weighted by Gasteiger charge is -2.18. The summed E-state index contributed by atoms with van der Waals surface area (Å²) >= 11 is 17.4. The number of aromatic nitrogens is 1. The van der Waals surface area contributed by atoms with Crippen molar-refractivity contribution in [3.05, 3.63) is 38.6 Å².